The first-order chi connectivity index (χ1) is 14.0. The fourth-order valence-electron chi connectivity index (χ4n) is 3.16. The Morgan fingerprint density at radius 3 is 2.38 bits per heavy atom. The third-order valence-electron chi connectivity index (χ3n) is 4.82. The predicted molar refractivity (Wildman–Crippen MR) is 109 cm³/mol. The van der Waals surface area contributed by atoms with E-state index < -0.39 is 5.91 Å². The summed E-state index contributed by atoms with van der Waals surface area (Å²) in [5.41, 5.74) is 2.02. The van der Waals surface area contributed by atoms with E-state index in [0.717, 1.165) is 24.3 Å². The van der Waals surface area contributed by atoms with E-state index in [-0.39, 0.29) is 17.1 Å². The fraction of sp³-hybridized carbons (Fsp3) is 0.273. The normalized spacial score (nSPS) is 14.4. The van der Waals surface area contributed by atoms with Crippen LogP contribution in [0.2, 0.25) is 0 Å². The average molecular weight is 394 g/mol. The number of piperazine rings is 1. The number of nitrogens with zero attached hydrogens (tertiary/aromatic N) is 3. The van der Waals surface area contributed by atoms with Gasteiger partial charge in [-0.2, -0.15) is 5.26 Å². The van der Waals surface area contributed by atoms with Gasteiger partial charge in [0.05, 0.1) is 0 Å². The SMILES string of the molecule is N#C/C(=C/N1CCN(c2ccc(F)cc2)CC1)C(=O)NCCc1ccc(O)cc1. The molecular weight excluding hydrogens is 371 g/mol. The molecule has 0 unspecified atom stereocenters. The topological polar surface area (TPSA) is 79.6 Å². The summed E-state index contributed by atoms with van der Waals surface area (Å²) in [6.07, 6.45) is 2.22. The number of phenolic OH excluding ortho intramolecular Hbond substituents is 1. The van der Waals surface area contributed by atoms with Gasteiger partial charge in [-0.25, -0.2) is 4.39 Å². The van der Waals surface area contributed by atoms with Crippen LogP contribution < -0.4 is 10.2 Å². The standard InChI is InChI=1S/C22H23FN4O2/c23-19-3-5-20(6-4-19)27-13-11-26(12-14-27)16-18(15-24)22(29)25-10-9-17-1-7-21(28)8-2-17/h1-8,16,28H,9-14H2,(H,25,29)/b18-16-. The summed E-state index contributed by atoms with van der Waals surface area (Å²) < 4.78 is 13.1. The Labute approximate surface area is 169 Å². The van der Waals surface area contributed by atoms with Crippen LogP contribution in [0.5, 0.6) is 5.75 Å². The molecule has 0 aliphatic carbocycles. The average Bonchev–Trinajstić information content (AvgIpc) is 2.74. The number of aromatic hydroxyl groups is 1. The van der Waals surface area contributed by atoms with E-state index >= 15 is 0 Å². The minimum atomic E-state index is -0.396. The van der Waals surface area contributed by atoms with Crippen molar-refractivity contribution < 1.29 is 14.3 Å². The molecule has 0 atom stereocenters. The van der Waals surface area contributed by atoms with Crippen molar-refractivity contribution in [3.63, 3.8) is 0 Å². The van der Waals surface area contributed by atoms with Crippen LogP contribution in [0.3, 0.4) is 0 Å². The fourth-order valence-corrected chi connectivity index (χ4v) is 3.16. The molecule has 0 aromatic heterocycles. The Kier molecular flexibility index (Phi) is 6.69. The molecule has 6 nitrogen and oxygen atoms in total. The van der Waals surface area contributed by atoms with E-state index in [9.17, 15) is 19.6 Å². The van der Waals surface area contributed by atoms with Gasteiger partial charge < -0.3 is 20.2 Å². The van der Waals surface area contributed by atoms with Gasteiger partial charge in [-0.05, 0) is 48.4 Å². The molecule has 29 heavy (non-hydrogen) atoms. The van der Waals surface area contributed by atoms with Crippen LogP contribution in [0, 0.1) is 17.1 Å². The molecule has 1 amide bonds. The Hall–Kier alpha value is -3.53. The number of nitriles is 1. The molecule has 0 radical (unpaired) electrons. The highest BCUT2D eigenvalue weighted by Gasteiger charge is 2.17. The van der Waals surface area contributed by atoms with Crippen LogP contribution in [0.25, 0.3) is 0 Å². The van der Waals surface area contributed by atoms with Gasteiger partial charge in [-0.1, -0.05) is 12.1 Å². The monoisotopic (exact) mass is 394 g/mol. The molecule has 7 heteroatoms. The molecule has 150 valence electrons. The number of halogens is 1. The maximum atomic E-state index is 13.1. The van der Waals surface area contributed by atoms with Gasteiger partial charge in [-0.15, -0.1) is 0 Å². The Morgan fingerprint density at radius 2 is 1.76 bits per heavy atom. The van der Waals surface area contributed by atoms with Crippen molar-refractivity contribution in [2.24, 2.45) is 0 Å². The first-order valence-corrected chi connectivity index (χ1v) is 9.48. The molecule has 1 heterocycles. The van der Waals surface area contributed by atoms with Crippen molar-refractivity contribution in [1.29, 1.82) is 5.26 Å². The molecule has 2 aromatic carbocycles. The quantitative estimate of drug-likeness (QED) is 0.581. The maximum Gasteiger partial charge on any atom is 0.263 e. The largest absolute Gasteiger partial charge is 0.508 e. The number of rotatable bonds is 6. The Morgan fingerprint density at radius 1 is 1.10 bits per heavy atom. The number of hydrogen-bond acceptors (Lipinski definition) is 5. The molecule has 1 aliphatic rings. The number of nitrogens with one attached hydrogen (secondary N) is 1. The molecule has 3 rings (SSSR count). The number of phenols is 1. The minimum absolute atomic E-state index is 0.0749. The van der Waals surface area contributed by atoms with Gasteiger partial charge in [0, 0.05) is 44.6 Å². The molecule has 0 saturated carbocycles. The zero-order valence-corrected chi connectivity index (χ0v) is 16.0. The van der Waals surface area contributed by atoms with Crippen molar-refractivity contribution in [2.75, 3.05) is 37.6 Å². The summed E-state index contributed by atoms with van der Waals surface area (Å²) in [6, 6.07) is 15.2. The number of hydrogen-bond donors (Lipinski definition) is 2. The zero-order valence-electron chi connectivity index (χ0n) is 16.0. The van der Waals surface area contributed by atoms with Gasteiger partial charge in [0.15, 0.2) is 0 Å². The van der Waals surface area contributed by atoms with Gasteiger partial charge >= 0.3 is 0 Å². The molecule has 2 aromatic rings. The number of carbonyl (C=O) groups is 1. The molecule has 1 saturated heterocycles. The van der Waals surface area contributed by atoms with Crippen LogP contribution in [-0.2, 0) is 11.2 Å². The molecule has 0 spiro atoms. The Balaban J connectivity index is 1.49. The number of carbonyl (C=O) groups excluding carboxylic acids is 1. The summed E-state index contributed by atoms with van der Waals surface area (Å²) in [5.74, 6) is -0.454. The Bertz CT molecular complexity index is 896. The first-order valence-electron chi connectivity index (χ1n) is 9.48. The van der Waals surface area contributed by atoms with Gasteiger partial charge in [0.1, 0.15) is 23.2 Å². The van der Waals surface area contributed by atoms with Crippen LogP contribution in [0.15, 0.2) is 60.3 Å². The summed E-state index contributed by atoms with van der Waals surface area (Å²) in [6.45, 7) is 3.19. The second-order valence-corrected chi connectivity index (χ2v) is 6.83. The van der Waals surface area contributed by atoms with Crippen molar-refractivity contribution in [3.8, 4) is 11.8 Å². The summed E-state index contributed by atoms with van der Waals surface area (Å²) in [4.78, 5) is 16.4. The van der Waals surface area contributed by atoms with E-state index in [1.165, 1.54) is 12.1 Å². The summed E-state index contributed by atoms with van der Waals surface area (Å²) in [7, 11) is 0. The lowest BCUT2D eigenvalue weighted by atomic mass is 10.1. The van der Waals surface area contributed by atoms with E-state index in [1.807, 2.05) is 11.0 Å². The first kappa shape index (κ1) is 20.2. The van der Waals surface area contributed by atoms with Gasteiger partial charge in [-0.3, -0.25) is 4.79 Å². The summed E-state index contributed by atoms with van der Waals surface area (Å²) in [5, 5.41) is 21.4. The van der Waals surface area contributed by atoms with E-state index in [4.69, 9.17) is 0 Å². The third kappa shape index (κ3) is 5.72. The van der Waals surface area contributed by atoms with Crippen molar-refractivity contribution in [1.82, 2.24) is 10.2 Å². The van der Waals surface area contributed by atoms with Crippen LogP contribution in [0.1, 0.15) is 5.56 Å². The predicted octanol–water partition coefficient (Wildman–Crippen LogP) is 2.42. The number of amides is 1. The number of anilines is 1. The summed E-state index contributed by atoms with van der Waals surface area (Å²) >= 11 is 0. The molecular formula is C22H23FN4O2. The lowest BCUT2D eigenvalue weighted by Crippen LogP contribution is -2.44. The lowest BCUT2D eigenvalue weighted by Gasteiger charge is -2.35. The second kappa shape index (κ2) is 9.60. The zero-order chi connectivity index (χ0) is 20.6. The lowest BCUT2D eigenvalue weighted by molar-refractivity contribution is -0.117. The van der Waals surface area contributed by atoms with E-state index in [1.54, 1.807) is 42.6 Å². The van der Waals surface area contributed by atoms with Crippen molar-refractivity contribution in [3.05, 3.63) is 71.7 Å². The maximum absolute atomic E-state index is 13.1. The minimum Gasteiger partial charge on any atom is -0.508 e. The van der Waals surface area contributed by atoms with Crippen LogP contribution in [-0.4, -0.2) is 48.6 Å². The number of benzene rings is 2. The van der Waals surface area contributed by atoms with Gasteiger partial charge in [0.2, 0.25) is 0 Å². The van der Waals surface area contributed by atoms with Crippen molar-refractivity contribution in [2.45, 2.75) is 6.42 Å². The highest BCUT2D eigenvalue weighted by molar-refractivity contribution is 5.97. The van der Waals surface area contributed by atoms with E-state index in [2.05, 4.69) is 10.2 Å². The third-order valence-corrected chi connectivity index (χ3v) is 4.82. The molecule has 0 bridgehead atoms. The second-order valence-electron chi connectivity index (χ2n) is 6.83. The van der Waals surface area contributed by atoms with E-state index in [0.29, 0.717) is 26.1 Å². The highest BCUT2D eigenvalue weighted by Crippen LogP contribution is 2.17. The molecule has 1 fully saturated rings. The van der Waals surface area contributed by atoms with Crippen LogP contribution in [0.4, 0.5) is 10.1 Å². The highest BCUT2D eigenvalue weighted by atomic mass is 19.1. The van der Waals surface area contributed by atoms with Gasteiger partial charge in [0.25, 0.3) is 5.91 Å². The van der Waals surface area contributed by atoms with Crippen molar-refractivity contribution >= 4 is 11.6 Å². The molecule has 1 aliphatic heterocycles. The smallest absolute Gasteiger partial charge is 0.263 e. The van der Waals surface area contributed by atoms with Crippen LogP contribution >= 0.6 is 0 Å². The molecule has 2 N–H and O–H groups in total.